The van der Waals surface area contributed by atoms with Gasteiger partial charge in [-0.3, -0.25) is 4.79 Å². The molecular formula is C9H15N3O2. The summed E-state index contributed by atoms with van der Waals surface area (Å²) in [6.07, 6.45) is 0.581. The van der Waals surface area contributed by atoms with Crippen molar-refractivity contribution in [3.8, 4) is 6.07 Å². The monoisotopic (exact) mass is 197 g/mol. The third-order valence-corrected chi connectivity index (χ3v) is 1.81. The van der Waals surface area contributed by atoms with E-state index in [0.717, 1.165) is 0 Å². The molecule has 78 valence electrons. The van der Waals surface area contributed by atoms with Crippen molar-refractivity contribution in [1.29, 1.82) is 5.26 Å². The summed E-state index contributed by atoms with van der Waals surface area (Å²) in [6.45, 7) is 3.68. The van der Waals surface area contributed by atoms with Gasteiger partial charge in [0.1, 0.15) is 6.07 Å². The fourth-order valence-electron chi connectivity index (χ4n) is 1.14. The molecular weight excluding hydrogens is 182 g/mol. The van der Waals surface area contributed by atoms with Crippen molar-refractivity contribution < 1.29 is 10.0 Å². The van der Waals surface area contributed by atoms with Crippen LogP contribution in [0.25, 0.3) is 0 Å². The minimum Gasteiger partial charge on any atom is -0.410 e. The lowest BCUT2D eigenvalue weighted by Gasteiger charge is -2.21. The van der Waals surface area contributed by atoms with Gasteiger partial charge in [0.15, 0.2) is 5.71 Å². The maximum atomic E-state index is 11.1. The van der Waals surface area contributed by atoms with Crippen LogP contribution >= 0.6 is 0 Å². The van der Waals surface area contributed by atoms with E-state index in [4.69, 9.17) is 10.5 Å². The van der Waals surface area contributed by atoms with E-state index in [1.54, 1.807) is 13.1 Å². The van der Waals surface area contributed by atoms with E-state index >= 15 is 0 Å². The molecule has 0 aliphatic heterocycles. The van der Waals surface area contributed by atoms with Crippen molar-refractivity contribution in [1.82, 2.24) is 5.32 Å². The lowest BCUT2D eigenvalue weighted by atomic mass is 9.83. The second-order valence-electron chi connectivity index (χ2n) is 3.85. The highest BCUT2D eigenvalue weighted by Gasteiger charge is 2.24. The zero-order valence-corrected chi connectivity index (χ0v) is 8.66. The Hall–Kier alpha value is -1.57. The first-order chi connectivity index (χ1) is 6.45. The highest BCUT2D eigenvalue weighted by molar-refractivity contribution is 5.98. The van der Waals surface area contributed by atoms with Gasteiger partial charge in [0.05, 0.1) is 0 Å². The molecule has 0 rings (SSSR count). The van der Waals surface area contributed by atoms with E-state index in [9.17, 15) is 4.79 Å². The zero-order chi connectivity index (χ0) is 11.2. The molecule has 0 saturated carbocycles. The number of carbonyl (C=O) groups excluding carboxylic acids is 1. The van der Waals surface area contributed by atoms with Gasteiger partial charge in [-0.15, -0.1) is 0 Å². The Kier molecular flexibility index (Phi) is 4.64. The summed E-state index contributed by atoms with van der Waals surface area (Å²) >= 11 is 0. The second-order valence-corrected chi connectivity index (χ2v) is 3.85. The van der Waals surface area contributed by atoms with Gasteiger partial charge in [0.2, 0.25) is 5.91 Å². The van der Waals surface area contributed by atoms with Crippen LogP contribution in [-0.4, -0.2) is 23.9 Å². The summed E-state index contributed by atoms with van der Waals surface area (Å²) in [5.41, 5.74) is -0.337. The first-order valence-electron chi connectivity index (χ1n) is 4.27. The minimum absolute atomic E-state index is 0.0407. The minimum atomic E-state index is -0.378. The Balaban J connectivity index is 4.35. The third kappa shape index (κ3) is 4.45. The maximum Gasteiger partial charge on any atom is 0.220 e. The number of oxime groups is 1. The molecule has 0 unspecified atom stereocenters. The fraction of sp³-hybridized carbons (Fsp3) is 0.667. The molecule has 0 aliphatic rings. The first kappa shape index (κ1) is 12.4. The first-order valence-corrected chi connectivity index (χ1v) is 4.27. The van der Waals surface area contributed by atoms with Crippen LogP contribution < -0.4 is 5.32 Å². The lowest BCUT2D eigenvalue weighted by molar-refractivity contribution is -0.122. The summed E-state index contributed by atoms with van der Waals surface area (Å²) in [4.78, 5) is 11.1. The third-order valence-electron chi connectivity index (χ3n) is 1.81. The smallest absolute Gasteiger partial charge is 0.220 e. The molecule has 0 fully saturated rings. The second kappa shape index (κ2) is 5.22. The van der Waals surface area contributed by atoms with Gasteiger partial charge >= 0.3 is 0 Å². The van der Waals surface area contributed by atoms with Gasteiger partial charge in [0, 0.05) is 19.9 Å². The predicted molar refractivity (Wildman–Crippen MR) is 51.9 cm³/mol. The Labute approximate surface area is 83.4 Å². The van der Waals surface area contributed by atoms with E-state index in [1.807, 2.05) is 13.8 Å². The fourth-order valence-corrected chi connectivity index (χ4v) is 1.14. The van der Waals surface area contributed by atoms with Gasteiger partial charge in [0.25, 0.3) is 0 Å². The van der Waals surface area contributed by atoms with Crippen molar-refractivity contribution in [2.75, 3.05) is 7.05 Å². The topological polar surface area (TPSA) is 85.5 Å². The molecule has 14 heavy (non-hydrogen) atoms. The Morgan fingerprint density at radius 2 is 2.14 bits per heavy atom. The molecule has 0 heterocycles. The Morgan fingerprint density at radius 3 is 2.50 bits per heavy atom. The van der Waals surface area contributed by atoms with E-state index in [-0.39, 0.29) is 23.5 Å². The molecule has 1 amide bonds. The van der Waals surface area contributed by atoms with E-state index in [1.165, 1.54) is 0 Å². The van der Waals surface area contributed by atoms with Crippen LogP contribution in [0.3, 0.4) is 0 Å². The molecule has 0 atom stereocenters. The van der Waals surface area contributed by atoms with Gasteiger partial charge in [-0.25, -0.2) is 0 Å². The largest absolute Gasteiger partial charge is 0.410 e. The molecule has 2 N–H and O–H groups in total. The molecule has 5 nitrogen and oxygen atoms in total. The van der Waals surface area contributed by atoms with Gasteiger partial charge in [-0.1, -0.05) is 19.0 Å². The Morgan fingerprint density at radius 1 is 1.57 bits per heavy atom. The van der Waals surface area contributed by atoms with Crippen molar-refractivity contribution in [3.63, 3.8) is 0 Å². The van der Waals surface area contributed by atoms with Gasteiger partial charge in [-0.05, 0) is 5.41 Å². The van der Waals surface area contributed by atoms with Crippen molar-refractivity contribution in [3.05, 3.63) is 0 Å². The van der Waals surface area contributed by atoms with Crippen molar-refractivity contribution in [2.24, 2.45) is 10.6 Å². The molecule has 0 saturated heterocycles. The average Bonchev–Trinajstić information content (AvgIpc) is 2.13. The SMILES string of the molecule is CNC(=O)CC(C)(C)CC(C#N)=NO. The molecule has 0 radical (unpaired) electrons. The van der Waals surface area contributed by atoms with E-state index in [2.05, 4.69) is 10.5 Å². The number of nitrogens with one attached hydrogen (secondary N) is 1. The number of carbonyl (C=O) groups is 1. The number of hydrogen-bond acceptors (Lipinski definition) is 4. The maximum absolute atomic E-state index is 11.1. The van der Waals surface area contributed by atoms with Gasteiger partial charge < -0.3 is 10.5 Å². The molecule has 0 aliphatic carbocycles. The normalized spacial score (nSPS) is 12.0. The van der Waals surface area contributed by atoms with Crippen LogP contribution in [0.1, 0.15) is 26.7 Å². The number of rotatable bonds is 4. The van der Waals surface area contributed by atoms with Crippen LogP contribution in [0, 0.1) is 16.7 Å². The summed E-state index contributed by atoms with van der Waals surface area (Å²) in [5.74, 6) is -0.0924. The predicted octanol–water partition coefficient (Wildman–Crippen LogP) is 0.893. The van der Waals surface area contributed by atoms with Crippen LogP contribution in [0.4, 0.5) is 0 Å². The molecule has 0 bridgehead atoms. The number of amides is 1. The summed E-state index contributed by atoms with van der Waals surface area (Å²) in [6, 6.07) is 1.77. The van der Waals surface area contributed by atoms with Crippen molar-refractivity contribution in [2.45, 2.75) is 26.7 Å². The summed E-state index contributed by atoms with van der Waals surface area (Å²) in [7, 11) is 1.56. The summed E-state index contributed by atoms with van der Waals surface area (Å²) in [5, 5.41) is 22.3. The number of nitriles is 1. The van der Waals surface area contributed by atoms with Crippen LogP contribution in [0.15, 0.2) is 5.16 Å². The summed E-state index contributed by atoms with van der Waals surface area (Å²) < 4.78 is 0. The van der Waals surface area contributed by atoms with Crippen LogP contribution in [0.2, 0.25) is 0 Å². The molecule has 0 spiro atoms. The van der Waals surface area contributed by atoms with E-state index < -0.39 is 0 Å². The molecule has 5 heteroatoms. The van der Waals surface area contributed by atoms with Gasteiger partial charge in [-0.2, -0.15) is 5.26 Å². The van der Waals surface area contributed by atoms with Crippen LogP contribution in [0.5, 0.6) is 0 Å². The van der Waals surface area contributed by atoms with Crippen LogP contribution in [-0.2, 0) is 4.79 Å². The molecule has 0 aromatic heterocycles. The molecule has 0 aromatic carbocycles. The van der Waals surface area contributed by atoms with E-state index in [0.29, 0.717) is 6.42 Å². The highest BCUT2D eigenvalue weighted by Crippen LogP contribution is 2.25. The number of nitrogens with zero attached hydrogens (tertiary/aromatic N) is 2. The van der Waals surface area contributed by atoms with Crippen molar-refractivity contribution >= 4 is 11.6 Å². The number of hydrogen-bond donors (Lipinski definition) is 2. The quantitative estimate of drug-likeness (QED) is 0.398. The average molecular weight is 197 g/mol. The lowest BCUT2D eigenvalue weighted by Crippen LogP contribution is -2.27. The molecule has 0 aromatic rings. The Bertz CT molecular complexity index is 276. The highest BCUT2D eigenvalue weighted by atomic mass is 16.4. The zero-order valence-electron chi connectivity index (χ0n) is 8.66. The standard InChI is InChI=1S/C9H15N3O2/c1-9(2,5-8(13)11-3)4-7(6-10)12-14/h14H,4-5H2,1-3H3,(H,11,13).